The zero-order valence-electron chi connectivity index (χ0n) is 28.1. The van der Waals surface area contributed by atoms with Gasteiger partial charge in [0.15, 0.2) is 11.5 Å². The van der Waals surface area contributed by atoms with Crippen LogP contribution in [0.3, 0.4) is 0 Å². The Morgan fingerprint density at radius 1 is 0.365 bits per heavy atom. The van der Waals surface area contributed by atoms with Crippen molar-refractivity contribution in [3.05, 3.63) is 182 Å². The lowest BCUT2D eigenvalue weighted by molar-refractivity contribution is 1.11. The molecule has 0 unspecified atom stereocenters. The molecule has 3 heterocycles. The van der Waals surface area contributed by atoms with E-state index >= 15 is 0 Å². The largest absolute Gasteiger partial charge is 0.309 e. The van der Waals surface area contributed by atoms with Crippen molar-refractivity contribution < 1.29 is 0 Å². The Morgan fingerprint density at radius 2 is 0.865 bits per heavy atom. The molecule has 8 aromatic carbocycles. The molecule has 0 aliphatic carbocycles. The van der Waals surface area contributed by atoms with E-state index in [-0.39, 0.29) is 0 Å². The predicted octanol–water partition coefficient (Wildman–Crippen LogP) is 12.3. The topological polar surface area (TPSA) is 35.1 Å². The average Bonchev–Trinajstić information content (AvgIpc) is 3.80. The first-order valence-corrected chi connectivity index (χ1v) is 17.7. The summed E-state index contributed by atoms with van der Waals surface area (Å²) in [5.41, 5.74) is 10.2. The summed E-state index contributed by atoms with van der Waals surface area (Å²) >= 11 is 0. The monoisotopic (exact) mass is 662 g/mol. The molecule has 0 amide bonds. The maximum absolute atomic E-state index is 4.63. The number of hydrogen-bond acceptors (Lipinski definition) is 2. The predicted molar refractivity (Wildman–Crippen MR) is 216 cm³/mol. The van der Waals surface area contributed by atoms with E-state index in [1.165, 1.54) is 65.6 Å². The molecule has 11 aromatic rings. The molecule has 0 radical (unpaired) electrons. The zero-order chi connectivity index (χ0) is 34.2. The Morgan fingerprint density at radius 3 is 1.46 bits per heavy atom. The van der Waals surface area contributed by atoms with Crippen LogP contribution in [0.5, 0.6) is 0 Å². The van der Waals surface area contributed by atoms with Gasteiger partial charge in [-0.1, -0.05) is 121 Å². The summed E-state index contributed by atoms with van der Waals surface area (Å²) in [5.74, 6) is 0.828. The van der Waals surface area contributed by atoms with Crippen LogP contribution in [0.1, 0.15) is 0 Å². The lowest BCUT2D eigenvalue weighted by atomic mass is 9.95. The van der Waals surface area contributed by atoms with Crippen molar-refractivity contribution in [1.82, 2.24) is 19.2 Å². The van der Waals surface area contributed by atoms with Gasteiger partial charge in [0.25, 0.3) is 0 Å². The molecule has 0 N–H and O–H groups in total. The Hall–Kier alpha value is -7.04. The number of hydrogen-bond donors (Lipinski definition) is 0. The lowest BCUT2D eigenvalue weighted by Crippen LogP contribution is -1.95. The Bertz CT molecular complexity index is 3040. The summed E-state index contributed by atoms with van der Waals surface area (Å²) in [4.78, 5) is 0. The first-order chi connectivity index (χ1) is 25.8. The second kappa shape index (κ2) is 11.2. The van der Waals surface area contributed by atoms with Gasteiger partial charge in [0, 0.05) is 33.6 Å². The Labute approximate surface area is 299 Å². The van der Waals surface area contributed by atoms with Crippen LogP contribution >= 0.6 is 0 Å². The fraction of sp³-hybridized carbons (Fsp3) is 0. The van der Waals surface area contributed by atoms with Gasteiger partial charge in [-0.25, -0.2) is 0 Å². The number of pyridine rings is 1. The molecule has 3 aromatic heterocycles. The van der Waals surface area contributed by atoms with Crippen molar-refractivity contribution in [3.8, 4) is 39.3 Å². The molecule has 0 aliphatic heterocycles. The van der Waals surface area contributed by atoms with Gasteiger partial charge in [-0.05, 0) is 104 Å². The number of fused-ring (bicyclic) bond motifs is 8. The van der Waals surface area contributed by atoms with Gasteiger partial charge in [0.1, 0.15) is 0 Å². The standard InChI is InChI=1S/C48H30N4/c1-4-14-38-31(9-1)12-7-17-40(38)35-21-25-45-43(29-35)44-30-36(41-18-8-13-32-10-2-5-15-39(32)41)22-26-46(44)52(45)37-23-19-34(20-24-37)47-49-50-48-42-16-6-3-11-33(42)27-28-51(47)48/h1-30H. The van der Waals surface area contributed by atoms with Crippen LogP contribution < -0.4 is 0 Å². The van der Waals surface area contributed by atoms with Crippen molar-refractivity contribution in [2.24, 2.45) is 0 Å². The molecule has 4 heteroatoms. The second-order valence-electron chi connectivity index (χ2n) is 13.5. The quantitative estimate of drug-likeness (QED) is 0.188. The van der Waals surface area contributed by atoms with E-state index in [9.17, 15) is 0 Å². The molecule has 0 aliphatic rings. The molecule has 11 rings (SSSR count). The summed E-state index contributed by atoms with van der Waals surface area (Å²) < 4.78 is 4.48. The van der Waals surface area contributed by atoms with Crippen LogP contribution in [0.15, 0.2) is 182 Å². The number of nitrogens with zero attached hydrogens (tertiary/aromatic N) is 4. The van der Waals surface area contributed by atoms with Gasteiger partial charge in [-0.2, -0.15) is 0 Å². The maximum Gasteiger partial charge on any atom is 0.168 e. The van der Waals surface area contributed by atoms with E-state index < -0.39 is 0 Å². The molecule has 0 saturated heterocycles. The summed E-state index contributed by atoms with van der Waals surface area (Å²) in [6.07, 6.45) is 2.06. The summed E-state index contributed by atoms with van der Waals surface area (Å²) in [7, 11) is 0. The SMILES string of the molecule is c1ccc2c(-c3ccc4c(c3)c3cc(-c5cccc6ccccc56)ccc3n4-c3ccc(-c4nnc5c6ccccc6ccn45)cc3)cccc2c1. The molecule has 242 valence electrons. The molecular formula is C48H30N4. The third kappa shape index (κ3) is 4.34. The van der Waals surface area contributed by atoms with Crippen LogP contribution in [-0.4, -0.2) is 19.2 Å². The van der Waals surface area contributed by atoms with Crippen molar-refractivity contribution in [2.75, 3.05) is 0 Å². The van der Waals surface area contributed by atoms with E-state index in [1.807, 2.05) is 6.07 Å². The third-order valence-corrected chi connectivity index (χ3v) is 10.7. The highest BCUT2D eigenvalue weighted by atomic mass is 15.2. The Balaban J connectivity index is 1.11. The minimum absolute atomic E-state index is 0.828. The first-order valence-electron chi connectivity index (χ1n) is 17.7. The van der Waals surface area contributed by atoms with Crippen molar-refractivity contribution in [2.45, 2.75) is 0 Å². The van der Waals surface area contributed by atoms with Crippen LogP contribution in [0.2, 0.25) is 0 Å². The normalized spacial score (nSPS) is 11.8. The molecule has 0 bridgehead atoms. The third-order valence-electron chi connectivity index (χ3n) is 10.7. The molecule has 0 saturated carbocycles. The molecular weight excluding hydrogens is 633 g/mol. The highest BCUT2D eigenvalue weighted by molar-refractivity contribution is 6.13. The summed E-state index contributed by atoms with van der Waals surface area (Å²) in [5, 5.41) is 18.9. The van der Waals surface area contributed by atoms with Gasteiger partial charge in [0.05, 0.1) is 11.0 Å². The molecule has 52 heavy (non-hydrogen) atoms. The minimum atomic E-state index is 0.828. The fourth-order valence-electron chi connectivity index (χ4n) is 8.16. The van der Waals surface area contributed by atoms with E-state index in [2.05, 4.69) is 195 Å². The van der Waals surface area contributed by atoms with Crippen molar-refractivity contribution >= 4 is 59.8 Å². The number of benzene rings is 8. The number of aromatic nitrogens is 4. The molecule has 0 spiro atoms. The van der Waals surface area contributed by atoms with E-state index in [0.29, 0.717) is 0 Å². The van der Waals surface area contributed by atoms with Crippen molar-refractivity contribution in [3.63, 3.8) is 0 Å². The highest BCUT2D eigenvalue weighted by Crippen LogP contribution is 2.40. The van der Waals surface area contributed by atoms with Crippen LogP contribution in [0.4, 0.5) is 0 Å². The van der Waals surface area contributed by atoms with E-state index in [4.69, 9.17) is 0 Å². The lowest BCUT2D eigenvalue weighted by Gasteiger charge is -2.11. The van der Waals surface area contributed by atoms with Crippen LogP contribution in [-0.2, 0) is 0 Å². The summed E-state index contributed by atoms with van der Waals surface area (Å²) in [6, 6.07) is 63.5. The first kappa shape index (κ1) is 28.8. The molecule has 0 fully saturated rings. The van der Waals surface area contributed by atoms with Crippen LogP contribution in [0.25, 0.3) is 99.1 Å². The van der Waals surface area contributed by atoms with Crippen LogP contribution in [0, 0.1) is 0 Å². The highest BCUT2D eigenvalue weighted by Gasteiger charge is 2.17. The van der Waals surface area contributed by atoms with Gasteiger partial charge in [-0.15, -0.1) is 10.2 Å². The van der Waals surface area contributed by atoms with Crippen molar-refractivity contribution in [1.29, 1.82) is 0 Å². The summed E-state index contributed by atoms with van der Waals surface area (Å²) in [6.45, 7) is 0. The van der Waals surface area contributed by atoms with Gasteiger partial charge in [0.2, 0.25) is 0 Å². The van der Waals surface area contributed by atoms with Gasteiger partial charge >= 0.3 is 0 Å². The second-order valence-corrected chi connectivity index (χ2v) is 13.5. The minimum Gasteiger partial charge on any atom is -0.309 e. The van der Waals surface area contributed by atoms with E-state index in [1.54, 1.807) is 0 Å². The van der Waals surface area contributed by atoms with E-state index in [0.717, 1.165) is 33.5 Å². The molecule has 4 nitrogen and oxygen atoms in total. The fourth-order valence-corrected chi connectivity index (χ4v) is 8.16. The zero-order valence-corrected chi connectivity index (χ0v) is 28.1. The average molecular weight is 663 g/mol. The van der Waals surface area contributed by atoms with Gasteiger partial charge < -0.3 is 4.57 Å². The maximum atomic E-state index is 4.63. The Kier molecular flexibility index (Phi) is 6.22. The van der Waals surface area contributed by atoms with Gasteiger partial charge in [-0.3, -0.25) is 4.40 Å². The smallest absolute Gasteiger partial charge is 0.168 e. The number of rotatable bonds is 4. The molecule has 0 atom stereocenters.